The fourth-order valence-corrected chi connectivity index (χ4v) is 1.42. The van der Waals surface area contributed by atoms with E-state index in [0.29, 0.717) is 0 Å². The molecule has 0 heterocycles. The van der Waals surface area contributed by atoms with Crippen molar-refractivity contribution < 1.29 is 9.53 Å². The first kappa shape index (κ1) is 12.5. The van der Waals surface area contributed by atoms with E-state index in [4.69, 9.17) is 4.74 Å². The van der Waals surface area contributed by atoms with E-state index >= 15 is 0 Å². The smallest absolute Gasteiger partial charge is 0.303 e. The first-order chi connectivity index (χ1) is 5.98. The average molecular weight is 186 g/mol. The van der Waals surface area contributed by atoms with Crippen LogP contribution in [0.3, 0.4) is 0 Å². The zero-order valence-corrected chi connectivity index (χ0v) is 9.35. The minimum absolute atomic E-state index is 0.180. The zero-order chi connectivity index (χ0) is 10.3. The maximum absolute atomic E-state index is 10.7. The quantitative estimate of drug-likeness (QED) is 0.470. The van der Waals surface area contributed by atoms with Gasteiger partial charge in [0.05, 0.1) is 0 Å². The van der Waals surface area contributed by atoms with Gasteiger partial charge in [-0.05, 0) is 26.7 Å². The fraction of sp³-hybridized carbons (Fsp3) is 0.909. The molecule has 0 atom stereocenters. The van der Waals surface area contributed by atoms with Gasteiger partial charge in [-0.3, -0.25) is 4.79 Å². The van der Waals surface area contributed by atoms with Crippen LogP contribution in [0.15, 0.2) is 0 Å². The van der Waals surface area contributed by atoms with Gasteiger partial charge in [-0.1, -0.05) is 26.2 Å². The SMILES string of the molecule is CCCCCCC(C)(C)OC(C)=O. The Hall–Kier alpha value is -0.530. The lowest BCUT2D eigenvalue weighted by atomic mass is 10.00. The first-order valence-electron chi connectivity index (χ1n) is 5.17. The van der Waals surface area contributed by atoms with Gasteiger partial charge in [-0.2, -0.15) is 0 Å². The monoisotopic (exact) mass is 186 g/mol. The van der Waals surface area contributed by atoms with Crippen LogP contribution in [0, 0.1) is 0 Å². The summed E-state index contributed by atoms with van der Waals surface area (Å²) in [5, 5.41) is 0. The maximum Gasteiger partial charge on any atom is 0.303 e. The fourth-order valence-electron chi connectivity index (χ4n) is 1.42. The molecular weight excluding hydrogens is 164 g/mol. The number of rotatable bonds is 6. The molecule has 0 saturated heterocycles. The third-order valence-electron chi connectivity index (χ3n) is 2.05. The molecule has 0 aliphatic heterocycles. The summed E-state index contributed by atoms with van der Waals surface area (Å²) in [7, 11) is 0. The summed E-state index contributed by atoms with van der Waals surface area (Å²) in [6.45, 7) is 7.60. The largest absolute Gasteiger partial charge is 0.460 e. The minimum Gasteiger partial charge on any atom is -0.460 e. The van der Waals surface area contributed by atoms with Crippen LogP contribution in [0.2, 0.25) is 0 Å². The van der Waals surface area contributed by atoms with Crippen molar-refractivity contribution in [1.29, 1.82) is 0 Å². The second kappa shape index (κ2) is 6.01. The van der Waals surface area contributed by atoms with Crippen LogP contribution >= 0.6 is 0 Å². The standard InChI is InChI=1S/C11H22O2/c1-5-6-7-8-9-11(3,4)13-10(2)12/h5-9H2,1-4H3. The summed E-state index contributed by atoms with van der Waals surface area (Å²) in [6.07, 6.45) is 5.87. The Morgan fingerprint density at radius 2 is 1.85 bits per heavy atom. The van der Waals surface area contributed by atoms with Crippen LogP contribution in [-0.4, -0.2) is 11.6 Å². The van der Waals surface area contributed by atoms with Crippen molar-refractivity contribution in [3.8, 4) is 0 Å². The number of hydrogen-bond acceptors (Lipinski definition) is 2. The van der Waals surface area contributed by atoms with Crippen molar-refractivity contribution >= 4 is 5.97 Å². The predicted molar refractivity (Wildman–Crippen MR) is 54.6 cm³/mol. The second-order valence-corrected chi connectivity index (χ2v) is 4.16. The normalized spacial score (nSPS) is 11.4. The Morgan fingerprint density at radius 1 is 1.23 bits per heavy atom. The lowest BCUT2D eigenvalue weighted by molar-refractivity contribution is -0.154. The topological polar surface area (TPSA) is 26.3 Å². The Kier molecular flexibility index (Phi) is 5.76. The molecule has 0 aromatic rings. The highest BCUT2D eigenvalue weighted by Gasteiger charge is 2.19. The molecule has 0 rings (SSSR count). The molecule has 0 fully saturated rings. The molecule has 13 heavy (non-hydrogen) atoms. The van der Waals surface area contributed by atoms with Crippen molar-refractivity contribution in [2.24, 2.45) is 0 Å². The highest BCUT2D eigenvalue weighted by Crippen LogP contribution is 2.18. The Bertz CT molecular complexity index is 150. The zero-order valence-electron chi connectivity index (χ0n) is 9.35. The molecule has 2 heteroatoms. The molecule has 0 spiro atoms. The van der Waals surface area contributed by atoms with Crippen molar-refractivity contribution in [2.45, 2.75) is 65.4 Å². The van der Waals surface area contributed by atoms with Crippen molar-refractivity contribution in [3.05, 3.63) is 0 Å². The van der Waals surface area contributed by atoms with Gasteiger partial charge < -0.3 is 4.74 Å². The van der Waals surface area contributed by atoms with Crippen molar-refractivity contribution in [2.75, 3.05) is 0 Å². The van der Waals surface area contributed by atoms with Gasteiger partial charge in [-0.25, -0.2) is 0 Å². The van der Waals surface area contributed by atoms with E-state index in [1.54, 1.807) is 0 Å². The molecule has 0 aromatic carbocycles. The second-order valence-electron chi connectivity index (χ2n) is 4.16. The first-order valence-corrected chi connectivity index (χ1v) is 5.17. The van der Waals surface area contributed by atoms with Crippen LogP contribution in [0.5, 0.6) is 0 Å². The molecule has 0 aromatic heterocycles. The minimum atomic E-state index is -0.278. The van der Waals surface area contributed by atoms with E-state index in [1.807, 2.05) is 13.8 Å². The predicted octanol–water partition coefficient (Wildman–Crippen LogP) is 3.30. The number of carbonyl (C=O) groups is 1. The molecule has 0 aliphatic carbocycles. The van der Waals surface area contributed by atoms with Crippen LogP contribution in [0.4, 0.5) is 0 Å². The van der Waals surface area contributed by atoms with E-state index in [2.05, 4.69) is 6.92 Å². The lowest BCUT2D eigenvalue weighted by Gasteiger charge is -2.24. The summed E-state index contributed by atoms with van der Waals surface area (Å²) < 4.78 is 5.18. The van der Waals surface area contributed by atoms with Gasteiger partial charge in [0.15, 0.2) is 0 Å². The van der Waals surface area contributed by atoms with Crippen LogP contribution in [0.25, 0.3) is 0 Å². The van der Waals surface area contributed by atoms with Crippen LogP contribution < -0.4 is 0 Å². The van der Waals surface area contributed by atoms with E-state index in [1.165, 1.54) is 26.2 Å². The van der Waals surface area contributed by atoms with E-state index in [9.17, 15) is 4.79 Å². The Labute approximate surface area is 81.7 Å². The van der Waals surface area contributed by atoms with Crippen molar-refractivity contribution in [3.63, 3.8) is 0 Å². The number of unbranched alkanes of at least 4 members (excludes halogenated alkanes) is 3. The van der Waals surface area contributed by atoms with Gasteiger partial charge in [0.25, 0.3) is 0 Å². The van der Waals surface area contributed by atoms with E-state index in [-0.39, 0.29) is 11.6 Å². The van der Waals surface area contributed by atoms with Gasteiger partial charge in [0.1, 0.15) is 5.60 Å². The molecule has 0 amide bonds. The number of ether oxygens (including phenoxy) is 1. The maximum atomic E-state index is 10.7. The van der Waals surface area contributed by atoms with E-state index in [0.717, 1.165) is 12.8 Å². The van der Waals surface area contributed by atoms with Gasteiger partial charge in [-0.15, -0.1) is 0 Å². The molecule has 78 valence electrons. The summed E-state index contributed by atoms with van der Waals surface area (Å²) in [5.41, 5.74) is -0.278. The van der Waals surface area contributed by atoms with Crippen LogP contribution in [0.1, 0.15) is 59.8 Å². The lowest BCUT2D eigenvalue weighted by Crippen LogP contribution is -2.26. The van der Waals surface area contributed by atoms with Crippen molar-refractivity contribution in [1.82, 2.24) is 0 Å². The van der Waals surface area contributed by atoms with Gasteiger partial charge >= 0.3 is 5.97 Å². The molecule has 0 saturated carbocycles. The molecule has 2 nitrogen and oxygen atoms in total. The number of carbonyl (C=O) groups excluding carboxylic acids is 1. The highest BCUT2D eigenvalue weighted by atomic mass is 16.6. The molecule has 0 radical (unpaired) electrons. The molecule has 0 N–H and O–H groups in total. The molecule has 0 bridgehead atoms. The summed E-state index contributed by atoms with van der Waals surface area (Å²) in [4.78, 5) is 10.7. The Morgan fingerprint density at radius 3 is 2.31 bits per heavy atom. The highest BCUT2D eigenvalue weighted by molar-refractivity contribution is 5.66. The van der Waals surface area contributed by atoms with Crippen LogP contribution in [-0.2, 0) is 9.53 Å². The third-order valence-corrected chi connectivity index (χ3v) is 2.05. The number of hydrogen-bond donors (Lipinski definition) is 0. The molecule has 0 aliphatic rings. The van der Waals surface area contributed by atoms with E-state index < -0.39 is 0 Å². The molecular formula is C11H22O2. The summed E-state index contributed by atoms with van der Waals surface area (Å²) in [6, 6.07) is 0. The number of esters is 1. The van der Waals surface area contributed by atoms with Gasteiger partial charge in [0.2, 0.25) is 0 Å². The average Bonchev–Trinajstić information content (AvgIpc) is 1.95. The Balaban J connectivity index is 3.56. The van der Waals surface area contributed by atoms with Gasteiger partial charge in [0, 0.05) is 6.92 Å². The summed E-state index contributed by atoms with van der Waals surface area (Å²) >= 11 is 0. The third kappa shape index (κ3) is 7.82. The summed E-state index contributed by atoms with van der Waals surface area (Å²) in [5.74, 6) is -0.180. The molecule has 0 unspecified atom stereocenters.